The van der Waals surface area contributed by atoms with Gasteiger partial charge in [0.15, 0.2) is 9.84 Å². The smallest absolute Gasteiger partial charge is 0.269 e. The zero-order valence-electron chi connectivity index (χ0n) is 22.8. The van der Waals surface area contributed by atoms with Crippen LogP contribution >= 0.6 is 0 Å². The molecule has 1 N–H and O–H groups in total. The molecule has 0 aliphatic heterocycles. The van der Waals surface area contributed by atoms with Crippen LogP contribution in [0.2, 0.25) is 0 Å². The number of benzene rings is 1. The van der Waals surface area contributed by atoms with E-state index in [1.807, 2.05) is 0 Å². The van der Waals surface area contributed by atoms with Crippen LogP contribution in [0.3, 0.4) is 0 Å². The number of aldehydes is 1. The molecule has 1 aromatic carbocycles. The van der Waals surface area contributed by atoms with E-state index in [4.69, 9.17) is 4.74 Å². The number of hydrogen-bond acceptors (Lipinski definition) is 8. The van der Waals surface area contributed by atoms with E-state index in [0.717, 1.165) is 38.0 Å². The monoisotopic (exact) mass is 576 g/mol. The van der Waals surface area contributed by atoms with E-state index in [2.05, 4.69) is 15.3 Å². The Bertz CT molecular complexity index is 1540. The number of fused-ring (bicyclic) bond motifs is 1. The Morgan fingerprint density at radius 2 is 1.95 bits per heavy atom. The highest BCUT2D eigenvalue weighted by Gasteiger charge is 2.25. The van der Waals surface area contributed by atoms with Gasteiger partial charge in [-0.3, -0.25) is 9.36 Å². The lowest BCUT2D eigenvalue weighted by atomic mass is 9.87. The van der Waals surface area contributed by atoms with Gasteiger partial charge in [-0.05, 0) is 69.9 Å². The quantitative estimate of drug-likeness (QED) is 0.241. The second kappa shape index (κ2) is 12.5. The highest BCUT2D eigenvalue weighted by Crippen LogP contribution is 2.27. The van der Waals surface area contributed by atoms with Gasteiger partial charge in [-0.25, -0.2) is 22.2 Å². The maximum atomic E-state index is 13.4. The van der Waals surface area contributed by atoms with Crippen LogP contribution in [0.4, 0.5) is 20.4 Å². The molecule has 0 amide bonds. The summed E-state index contributed by atoms with van der Waals surface area (Å²) in [6.45, 7) is 5.43. The minimum atomic E-state index is -3.56. The first-order chi connectivity index (χ1) is 19.0. The Morgan fingerprint density at radius 1 is 1.20 bits per heavy atom. The normalized spacial score (nSPS) is 18.0. The molecule has 0 radical (unpaired) electrons. The molecular weight excluding hydrogens is 542 g/mol. The number of halogens is 2. The Labute approximate surface area is 231 Å². The van der Waals surface area contributed by atoms with Crippen LogP contribution in [-0.2, 0) is 19.4 Å². The number of ether oxygens (including phenoxy) is 1. The minimum Gasteiger partial charge on any atom is -0.377 e. The SMILES string of the molecule is Cc1cc(S(=O)(=O)CCCOC2CCCCC2C=O)ccc1Nc1ncc2cc(C(F)F)c(=O)n(C(C)C)c2n1. The number of sulfone groups is 1. The van der Waals surface area contributed by atoms with Crippen molar-refractivity contribution < 1.29 is 26.7 Å². The minimum absolute atomic E-state index is 0.0845. The molecule has 0 saturated heterocycles. The Hall–Kier alpha value is -3.25. The Balaban J connectivity index is 1.47. The molecule has 216 valence electrons. The van der Waals surface area contributed by atoms with Gasteiger partial charge in [0.2, 0.25) is 5.95 Å². The fraction of sp³-hybridized carbons (Fsp3) is 0.500. The van der Waals surface area contributed by atoms with E-state index in [1.165, 1.54) is 16.8 Å². The second-order valence-electron chi connectivity index (χ2n) is 10.4. The largest absolute Gasteiger partial charge is 0.377 e. The van der Waals surface area contributed by atoms with Gasteiger partial charge in [0.1, 0.15) is 11.9 Å². The third-order valence-electron chi connectivity index (χ3n) is 7.17. The van der Waals surface area contributed by atoms with Crippen LogP contribution in [0.25, 0.3) is 11.0 Å². The van der Waals surface area contributed by atoms with Crippen LogP contribution in [0, 0.1) is 12.8 Å². The van der Waals surface area contributed by atoms with E-state index in [-0.39, 0.29) is 40.9 Å². The molecule has 1 fully saturated rings. The van der Waals surface area contributed by atoms with Crippen LogP contribution in [-0.4, -0.2) is 47.7 Å². The molecule has 3 aromatic rings. The number of rotatable bonds is 11. The number of alkyl halides is 2. The maximum absolute atomic E-state index is 13.4. The first kappa shape index (κ1) is 29.7. The zero-order valence-corrected chi connectivity index (χ0v) is 23.6. The van der Waals surface area contributed by atoms with Gasteiger partial charge in [0.05, 0.1) is 22.3 Å². The molecule has 0 bridgehead atoms. The van der Waals surface area contributed by atoms with Crippen molar-refractivity contribution >= 4 is 38.8 Å². The number of carbonyl (C=O) groups excluding carboxylic acids is 1. The number of hydrogen-bond donors (Lipinski definition) is 1. The van der Waals surface area contributed by atoms with Crippen LogP contribution in [0.5, 0.6) is 0 Å². The molecule has 40 heavy (non-hydrogen) atoms. The van der Waals surface area contributed by atoms with E-state index < -0.39 is 33.4 Å². The average Bonchev–Trinajstić information content (AvgIpc) is 2.91. The Kier molecular flexibility index (Phi) is 9.29. The van der Waals surface area contributed by atoms with Crippen LogP contribution in [0.15, 0.2) is 40.2 Å². The third-order valence-corrected chi connectivity index (χ3v) is 8.97. The molecule has 1 aliphatic rings. The number of pyridine rings is 1. The predicted molar refractivity (Wildman–Crippen MR) is 148 cm³/mol. The van der Waals surface area contributed by atoms with E-state index >= 15 is 0 Å². The van der Waals surface area contributed by atoms with Gasteiger partial charge in [-0.2, -0.15) is 4.98 Å². The number of carbonyl (C=O) groups is 1. The van der Waals surface area contributed by atoms with Crippen molar-refractivity contribution in [3.8, 4) is 0 Å². The molecule has 4 rings (SSSR count). The van der Waals surface area contributed by atoms with E-state index in [0.29, 0.717) is 23.1 Å². The van der Waals surface area contributed by atoms with Gasteiger partial charge in [0.25, 0.3) is 12.0 Å². The lowest BCUT2D eigenvalue weighted by Crippen LogP contribution is -2.29. The highest BCUT2D eigenvalue weighted by atomic mass is 32.2. The topological polar surface area (TPSA) is 120 Å². The third kappa shape index (κ3) is 6.55. The molecule has 2 atom stereocenters. The lowest BCUT2D eigenvalue weighted by molar-refractivity contribution is -0.118. The van der Waals surface area contributed by atoms with Gasteiger partial charge >= 0.3 is 0 Å². The number of aryl methyl sites for hydroxylation is 1. The van der Waals surface area contributed by atoms with Gasteiger partial charge < -0.3 is 14.8 Å². The molecular formula is C28H34F2N4O5S. The summed E-state index contributed by atoms with van der Waals surface area (Å²) in [7, 11) is -3.56. The van der Waals surface area contributed by atoms with Crippen LogP contribution in [0.1, 0.15) is 69.5 Å². The second-order valence-corrected chi connectivity index (χ2v) is 12.5. The van der Waals surface area contributed by atoms with Gasteiger partial charge in [0, 0.05) is 35.8 Å². The van der Waals surface area contributed by atoms with Crippen molar-refractivity contribution in [2.75, 3.05) is 17.7 Å². The van der Waals surface area contributed by atoms with E-state index in [1.54, 1.807) is 32.9 Å². The molecule has 0 spiro atoms. The summed E-state index contributed by atoms with van der Waals surface area (Å²) in [5.74, 6) is -0.0651. The highest BCUT2D eigenvalue weighted by molar-refractivity contribution is 7.91. The van der Waals surface area contributed by atoms with Gasteiger partial charge in [-0.1, -0.05) is 12.8 Å². The summed E-state index contributed by atoms with van der Waals surface area (Å²) < 4.78 is 59.7. The standard InChI is InChI=1S/C28H34F2N4O5S/c1-17(2)34-26-20(14-22(25(29)30)27(34)36)15-31-28(33-26)32-23-10-9-21(13-18(23)3)40(37,38)12-6-11-39-24-8-5-4-7-19(24)16-35/h9-10,13-17,19,24-25H,4-8,11-12H2,1-3H3,(H,31,32,33). The number of nitrogens with one attached hydrogen (secondary N) is 1. The molecule has 2 heterocycles. The van der Waals surface area contributed by atoms with E-state index in [9.17, 15) is 26.8 Å². The first-order valence-corrected chi connectivity index (χ1v) is 15.0. The summed E-state index contributed by atoms with van der Waals surface area (Å²) >= 11 is 0. The van der Waals surface area contributed by atoms with Gasteiger partial charge in [-0.15, -0.1) is 0 Å². The van der Waals surface area contributed by atoms with Crippen molar-refractivity contribution in [2.45, 2.75) is 76.3 Å². The zero-order chi connectivity index (χ0) is 29.0. The summed E-state index contributed by atoms with van der Waals surface area (Å²) in [4.78, 5) is 32.7. The lowest BCUT2D eigenvalue weighted by Gasteiger charge is -2.27. The maximum Gasteiger partial charge on any atom is 0.269 e. The molecule has 12 heteroatoms. The fourth-order valence-corrected chi connectivity index (χ4v) is 6.38. The van der Waals surface area contributed by atoms with Crippen molar-refractivity contribution in [1.29, 1.82) is 0 Å². The molecule has 2 aromatic heterocycles. The van der Waals surface area contributed by atoms with Crippen molar-refractivity contribution in [1.82, 2.24) is 14.5 Å². The predicted octanol–water partition coefficient (Wildman–Crippen LogP) is 5.30. The molecule has 9 nitrogen and oxygen atoms in total. The number of aromatic nitrogens is 3. The summed E-state index contributed by atoms with van der Waals surface area (Å²) in [6.07, 6.45) is 3.22. The number of nitrogens with zero attached hydrogens (tertiary/aromatic N) is 3. The summed E-state index contributed by atoms with van der Waals surface area (Å²) in [5.41, 5.74) is -0.00839. The van der Waals surface area contributed by atoms with Crippen molar-refractivity contribution in [3.05, 3.63) is 51.9 Å². The summed E-state index contributed by atoms with van der Waals surface area (Å²) in [5, 5.41) is 3.34. The molecule has 1 saturated carbocycles. The summed E-state index contributed by atoms with van der Waals surface area (Å²) in [6, 6.07) is 5.36. The molecule has 1 aliphatic carbocycles. The van der Waals surface area contributed by atoms with Crippen molar-refractivity contribution in [2.24, 2.45) is 5.92 Å². The fourth-order valence-electron chi connectivity index (χ4n) is 5.02. The van der Waals surface area contributed by atoms with Crippen molar-refractivity contribution in [3.63, 3.8) is 0 Å². The Morgan fingerprint density at radius 3 is 2.62 bits per heavy atom. The molecule has 2 unspecified atom stereocenters. The average molecular weight is 577 g/mol. The number of anilines is 2. The van der Waals surface area contributed by atoms with Crippen LogP contribution < -0.4 is 10.9 Å². The first-order valence-electron chi connectivity index (χ1n) is 13.4.